The molecule has 0 bridgehead atoms. The Hall–Kier alpha value is -1.49. The molecule has 0 unspecified atom stereocenters. The number of anilines is 1. The largest absolute Gasteiger partial charge is 0.496 e. The van der Waals surface area contributed by atoms with E-state index in [4.69, 9.17) is 20.9 Å². The molecule has 0 saturated carbocycles. The van der Waals surface area contributed by atoms with Crippen LogP contribution in [0.1, 0.15) is 27.7 Å². The zero-order valence-electron chi connectivity index (χ0n) is 16.5. The first-order valence-electron chi connectivity index (χ1n) is 8.65. The molecule has 0 N–H and O–H groups in total. The van der Waals surface area contributed by atoms with E-state index < -0.39 is 41.7 Å². The Kier molecular flexibility index (Phi) is 5.15. The van der Waals surface area contributed by atoms with Crippen molar-refractivity contribution in [2.45, 2.75) is 44.4 Å². The second kappa shape index (κ2) is 6.79. The molecule has 2 heterocycles. The molecule has 0 aliphatic carbocycles. The van der Waals surface area contributed by atoms with Gasteiger partial charge in [0.25, 0.3) is 0 Å². The van der Waals surface area contributed by atoms with Gasteiger partial charge in [-0.15, -0.1) is 12.6 Å². The molecule has 0 radical (unpaired) electrons. The molecule has 2 saturated heterocycles. The summed E-state index contributed by atoms with van der Waals surface area (Å²) in [5.41, 5.74) is -1.93. The number of carbonyl (C=O) groups is 2. The van der Waals surface area contributed by atoms with E-state index in [-0.39, 0.29) is 10.7 Å². The summed E-state index contributed by atoms with van der Waals surface area (Å²) >= 11 is 10.5. The molecule has 0 spiro atoms. The van der Waals surface area contributed by atoms with Gasteiger partial charge in [-0.25, -0.2) is 18.9 Å². The van der Waals surface area contributed by atoms with Gasteiger partial charge < -0.3 is 9.31 Å². The van der Waals surface area contributed by atoms with Crippen molar-refractivity contribution in [2.24, 2.45) is 0 Å². The first-order chi connectivity index (χ1) is 12.8. The van der Waals surface area contributed by atoms with Crippen LogP contribution < -0.4 is 10.4 Å². The molecule has 2 fully saturated rings. The third kappa shape index (κ3) is 3.16. The van der Waals surface area contributed by atoms with E-state index in [1.807, 2.05) is 27.7 Å². The highest BCUT2D eigenvalue weighted by atomic mass is 35.5. The third-order valence-corrected chi connectivity index (χ3v) is 6.51. The lowest BCUT2D eigenvalue weighted by molar-refractivity contribution is 0.00578. The number of halogens is 2. The molecule has 11 heteroatoms. The van der Waals surface area contributed by atoms with Crippen LogP contribution in [-0.4, -0.2) is 59.8 Å². The molecule has 1 aromatic carbocycles. The van der Waals surface area contributed by atoms with E-state index in [2.05, 4.69) is 12.6 Å². The van der Waals surface area contributed by atoms with Crippen molar-refractivity contribution in [1.82, 2.24) is 9.80 Å². The van der Waals surface area contributed by atoms with Crippen molar-refractivity contribution in [3.05, 3.63) is 23.0 Å². The topological polar surface area (TPSA) is 62.3 Å². The zero-order chi connectivity index (χ0) is 21.2. The van der Waals surface area contributed by atoms with Crippen LogP contribution in [-0.2, 0) is 9.31 Å². The molecule has 28 heavy (non-hydrogen) atoms. The van der Waals surface area contributed by atoms with Gasteiger partial charge in [0.1, 0.15) is 5.82 Å². The van der Waals surface area contributed by atoms with Crippen LogP contribution in [0.2, 0.25) is 5.02 Å². The standard InChI is InChI=1S/C17H22BClFN3O4S/c1-16(2)17(3,4)27-18(26-16)9-7-12(11(20)8-10(9)19)23-13(24)21(5)15(28)22(6)14(23)25/h7-8,15,28H,1-6H3. The van der Waals surface area contributed by atoms with Gasteiger partial charge in [-0.2, -0.15) is 0 Å². The Labute approximate surface area is 174 Å². The highest BCUT2D eigenvalue weighted by Gasteiger charge is 2.52. The molecule has 0 atom stereocenters. The maximum absolute atomic E-state index is 14.7. The fourth-order valence-corrected chi connectivity index (χ4v) is 3.37. The Bertz CT molecular complexity index is 818. The van der Waals surface area contributed by atoms with Crippen molar-refractivity contribution in [2.75, 3.05) is 19.0 Å². The Morgan fingerprint density at radius 1 is 1.07 bits per heavy atom. The second-order valence-corrected chi connectivity index (χ2v) is 8.75. The number of amides is 4. The van der Waals surface area contributed by atoms with E-state index in [0.29, 0.717) is 5.46 Å². The molecule has 2 aliphatic heterocycles. The third-order valence-electron chi connectivity index (χ3n) is 5.49. The lowest BCUT2D eigenvalue weighted by Crippen LogP contribution is -2.62. The number of thiol groups is 1. The van der Waals surface area contributed by atoms with E-state index in [9.17, 15) is 14.0 Å². The van der Waals surface area contributed by atoms with Gasteiger partial charge in [-0.1, -0.05) is 11.6 Å². The number of rotatable bonds is 2. The first-order valence-corrected chi connectivity index (χ1v) is 9.54. The van der Waals surface area contributed by atoms with E-state index in [0.717, 1.165) is 11.0 Å². The summed E-state index contributed by atoms with van der Waals surface area (Å²) < 4.78 is 26.7. The molecule has 152 valence electrons. The minimum Gasteiger partial charge on any atom is -0.399 e. The number of hydrogen-bond acceptors (Lipinski definition) is 5. The Balaban J connectivity index is 2.06. The van der Waals surface area contributed by atoms with Gasteiger partial charge in [0.05, 0.1) is 16.9 Å². The van der Waals surface area contributed by atoms with Gasteiger partial charge in [0.2, 0.25) is 0 Å². The van der Waals surface area contributed by atoms with Crippen LogP contribution in [0.15, 0.2) is 12.1 Å². The highest BCUT2D eigenvalue weighted by Crippen LogP contribution is 2.38. The summed E-state index contributed by atoms with van der Waals surface area (Å²) in [4.78, 5) is 28.5. The van der Waals surface area contributed by atoms with Crippen molar-refractivity contribution >= 4 is 54.6 Å². The Morgan fingerprint density at radius 2 is 1.54 bits per heavy atom. The van der Waals surface area contributed by atoms with Gasteiger partial charge in [-0.3, -0.25) is 9.80 Å². The molecule has 2 aliphatic rings. The SMILES string of the molecule is CN1C(=O)N(c2cc(B3OC(C)(C)C(C)(C)O3)c(Cl)cc2F)C(=O)N(C)C1S. The van der Waals surface area contributed by atoms with E-state index in [1.54, 1.807) is 0 Å². The van der Waals surface area contributed by atoms with Gasteiger partial charge in [0, 0.05) is 24.6 Å². The summed E-state index contributed by atoms with van der Waals surface area (Å²) in [6.45, 7) is 7.50. The summed E-state index contributed by atoms with van der Waals surface area (Å²) in [5.74, 6) is -0.814. The van der Waals surface area contributed by atoms with Crippen molar-refractivity contribution < 1.29 is 23.3 Å². The van der Waals surface area contributed by atoms with Gasteiger partial charge in [0.15, 0.2) is 5.50 Å². The zero-order valence-corrected chi connectivity index (χ0v) is 18.1. The lowest BCUT2D eigenvalue weighted by atomic mass is 9.78. The smallest absolute Gasteiger partial charge is 0.399 e. The summed E-state index contributed by atoms with van der Waals surface area (Å²) in [5, 5.41) is 0.0745. The fraction of sp³-hybridized carbons (Fsp3) is 0.529. The molecule has 7 nitrogen and oxygen atoms in total. The van der Waals surface area contributed by atoms with Crippen LogP contribution in [0.25, 0.3) is 0 Å². The van der Waals surface area contributed by atoms with E-state index in [1.165, 1.54) is 30.0 Å². The van der Waals surface area contributed by atoms with Crippen LogP contribution >= 0.6 is 24.2 Å². The molecular weight excluding hydrogens is 408 g/mol. The maximum atomic E-state index is 14.7. The number of carbonyl (C=O) groups excluding carboxylic acids is 2. The molecule has 0 aromatic heterocycles. The fourth-order valence-electron chi connectivity index (χ4n) is 2.94. The highest BCUT2D eigenvalue weighted by molar-refractivity contribution is 7.80. The predicted octanol–water partition coefficient (Wildman–Crippen LogP) is 2.92. The van der Waals surface area contributed by atoms with Crippen LogP contribution in [0.4, 0.5) is 19.7 Å². The molecule has 3 rings (SSSR count). The first kappa shape index (κ1) is 21.2. The second-order valence-electron chi connectivity index (χ2n) is 7.88. The van der Waals surface area contributed by atoms with Crippen LogP contribution in [0, 0.1) is 5.82 Å². The number of imide groups is 1. The van der Waals surface area contributed by atoms with Crippen molar-refractivity contribution in [1.29, 1.82) is 0 Å². The quantitative estimate of drug-likeness (QED) is 0.580. The van der Waals surface area contributed by atoms with Crippen LogP contribution in [0.3, 0.4) is 0 Å². The molecule has 4 amide bonds. The number of urea groups is 2. The minimum absolute atomic E-state index is 0.0745. The average molecular weight is 430 g/mol. The number of benzene rings is 1. The maximum Gasteiger partial charge on any atom is 0.496 e. The predicted molar refractivity (Wildman–Crippen MR) is 109 cm³/mol. The summed E-state index contributed by atoms with van der Waals surface area (Å²) in [6, 6.07) is 0.953. The number of hydrogen-bond donors (Lipinski definition) is 1. The van der Waals surface area contributed by atoms with Gasteiger partial charge >= 0.3 is 19.2 Å². The lowest BCUT2D eigenvalue weighted by Gasteiger charge is -2.42. The Morgan fingerprint density at radius 3 is 2.00 bits per heavy atom. The van der Waals surface area contributed by atoms with Gasteiger partial charge in [-0.05, 0) is 39.8 Å². The molecule has 1 aromatic rings. The van der Waals surface area contributed by atoms with E-state index >= 15 is 0 Å². The van der Waals surface area contributed by atoms with Crippen molar-refractivity contribution in [3.8, 4) is 0 Å². The normalized spacial score (nSPS) is 22.5. The minimum atomic E-state index is -0.875. The summed E-state index contributed by atoms with van der Waals surface area (Å²) in [7, 11) is 2.07. The summed E-state index contributed by atoms with van der Waals surface area (Å²) in [6.07, 6.45) is 0. The molecular formula is C17H22BClFN3O4S. The monoisotopic (exact) mass is 429 g/mol. The van der Waals surface area contributed by atoms with Crippen molar-refractivity contribution in [3.63, 3.8) is 0 Å². The number of nitrogens with zero attached hydrogens (tertiary/aromatic N) is 3. The average Bonchev–Trinajstić information content (AvgIpc) is 2.80. The van der Waals surface area contributed by atoms with Crippen LogP contribution in [0.5, 0.6) is 0 Å².